The van der Waals surface area contributed by atoms with Crippen molar-refractivity contribution in [1.29, 1.82) is 0 Å². The number of benzene rings is 3. The fourth-order valence-electron chi connectivity index (χ4n) is 2.80. The SMILES string of the molecule is COc1cccc(N=c2cc(-c3ccccc3)oc3ccc(Cl)cc23)c1. The second-order valence-electron chi connectivity index (χ2n) is 5.82. The number of hydrogen-bond donors (Lipinski definition) is 0. The molecule has 26 heavy (non-hydrogen) atoms. The van der Waals surface area contributed by atoms with E-state index >= 15 is 0 Å². The summed E-state index contributed by atoms with van der Waals surface area (Å²) < 4.78 is 11.4. The Bertz CT molecular complexity index is 1130. The molecule has 0 atom stereocenters. The summed E-state index contributed by atoms with van der Waals surface area (Å²) in [7, 11) is 1.64. The van der Waals surface area contributed by atoms with Crippen LogP contribution in [0.5, 0.6) is 5.75 Å². The molecular formula is C22H16ClNO2. The fraction of sp³-hybridized carbons (Fsp3) is 0.0455. The van der Waals surface area contributed by atoms with Gasteiger partial charge in [-0.25, -0.2) is 4.99 Å². The van der Waals surface area contributed by atoms with Crippen molar-refractivity contribution in [3.63, 3.8) is 0 Å². The molecular weight excluding hydrogens is 346 g/mol. The molecule has 0 N–H and O–H groups in total. The van der Waals surface area contributed by atoms with Crippen LogP contribution in [0.3, 0.4) is 0 Å². The Kier molecular flexibility index (Phi) is 4.46. The third kappa shape index (κ3) is 3.35. The van der Waals surface area contributed by atoms with E-state index in [1.165, 1.54) is 0 Å². The summed E-state index contributed by atoms with van der Waals surface area (Å²) in [6.45, 7) is 0. The Hall–Kier alpha value is -3.04. The smallest absolute Gasteiger partial charge is 0.136 e. The number of halogens is 1. The molecule has 0 radical (unpaired) electrons. The molecule has 3 aromatic carbocycles. The number of hydrogen-bond acceptors (Lipinski definition) is 3. The van der Waals surface area contributed by atoms with Crippen LogP contribution in [0, 0.1) is 0 Å². The first-order chi connectivity index (χ1) is 12.7. The Morgan fingerprint density at radius 1 is 0.885 bits per heavy atom. The molecule has 0 saturated heterocycles. The molecule has 0 unspecified atom stereocenters. The van der Waals surface area contributed by atoms with E-state index in [1.54, 1.807) is 7.11 Å². The molecule has 0 fully saturated rings. The van der Waals surface area contributed by atoms with Gasteiger partial charge >= 0.3 is 0 Å². The lowest BCUT2D eigenvalue weighted by molar-refractivity contribution is 0.415. The molecule has 3 nitrogen and oxygen atoms in total. The predicted octanol–water partition coefficient (Wildman–Crippen LogP) is 5.99. The Balaban J connectivity index is 1.99. The molecule has 1 heterocycles. The topological polar surface area (TPSA) is 34.7 Å². The van der Waals surface area contributed by atoms with Gasteiger partial charge in [-0.2, -0.15) is 0 Å². The number of nitrogens with zero attached hydrogens (tertiary/aromatic N) is 1. The van der Waals surface area contributed by atoms with E-state index < -0.39 is 0 Å². The molecule has 0 aliphatic carbocycles. The lowest BCUT2D eigenvalue weighted by atomic mass is 10.1. The van der Waals surface area contributed by atoms with Crippen molar-refractivity contribution in [1.82, 2.24) is 0 Å². The lowest BCUT2D eigenvalue weighted by Gasteiger charge is -2.06. The Morgan fingerprint density at radius 3 is 2.54 bits per heavy atom. The van der Waals surface area contributed by atoms with E-state index in [0.717, 1.165) is 39.1 Å². The summed E-state index contributed by atoms with van der Waals surface area (Å²) in [5.41, 5.74) is 2.53. The quantitative estimate of drug-likeness (QED) is 0.449. The summed E-state index contributed by atoms with van der Waals surface area (Å²) >= 11 is 6.19. The van der Waals surface area contributed by atoms with Gasteiger partial charge in [0.1, 0.15) is 17.1 Å². The number of methoxy groups -OCH3 is 1. The van der Waals surface area contributed by atoms with Crippen LogP contribution in [0.25, 0.3) is 22.3 Å². The van der Waals surface area contributed by atoms with E-state index in [0.29, 0.717) is 5.02 Å². The minimum absolute atomic E-state index is 0.641. The molecule has 1 aromatic heterocycles. The van der Waals surface area contributed by atoms with Crippen molar-refractivity contribution >= 4 is 28.3 Å². The van der Waals surface area contributed by atoms with Crippen LogP contribution in [0.4, 0.5) is 5.69 Å². The normalized spacial score (nSPS) is 11.7. The van der Waals surface area contributed by atoms with Gasteiger partial charge in [0, 0.05) is 28.1 Å². The summed E-state index contributed by atoms with van der Waals surface area (Å²) in [5.74, 6) is 1.51. The molecule has 4 aromatic rings. The van der Waals surface area contributed by atoms with Crippen molar-refractivity contribution in [2.45, 2.75) is 0 Å². The molecule has 4 rings (SSSR count). The third-order valence-corrected chi connectivity index (χ3v) is 4.30. The molecule has 0 aliphatic rings. The van der Waals surface area contributed by atoms with Gasteiger partial charge < -0.3 is 9.15 Å². The van der Waals surface area contributed by atoms with E-state index in [4.69, 9.17) is 25.7 Å². The fourth-order valence-corrected chi connectivity index (χ4v) is 2.97. The van der Waals surface area contributed by atoms with Crippen LogP contribution < -0.4 is 10.1 Å². The zero-order valence-corrected chi connectivity index (χ0v) is 14.9. The lowest BCUT2D eigenvalue weighted by Crippen LogP contribution is -2.03. The first-order valence-electron chi connectivity index (χ1n) is 8.20. The van der Waals surface area contributed by atoms with Gasteiger partial charge in [-0.1, -0.05) is 48.0 Å². The summed E-state index contributed by atoms with van der Waals surface area (Å²) in [4.78, 5) is 4.81. The second kappa shape index (κ2) is 7.06. The maximum absolute atomic E-state index is 6.19. The third-order valence-electron chi connectivity index (χ3n) is 4.07. The summed E-state index contributed by atoms with van der Waals surface area (Å²) in [6.07, 6.45) is 0. The van der Waals surface area contributed by atoms with E-state index in [9.17, 15) is 0 Å². The van der Waals surface area contributed by atoms with Crippen molar-refractivity contribution in [3.8, 4) is 17.1 Å². The van der Waals surface area contributed by atoms with E-state index in [2.05, 4.69) is 0 Å². The van der Waals surface area contributed by atoms with Crippen molar-refractivity contribution in [3.05, 3.63) is 89.2 Å². The Morgan fingerprint density at radius 2 is 1.73 bits per heavy atom. The van der Waals surface area contributed by atoms with Crippen LogP contribution in [0.15, 0.2) is 88.3 Å². The van der Waals surface area contributed by atoms with Gasteiger partial charge in [-0.3, -0.25) is 0 Å². The molecule has 0 saturated carbocycles. The maximum atomic E-state index is 6.19. The highest BCUT2D eigenvalue weighted by atomic mass is 35.5. The number of ether oxygens (including phenoxy) is 1. The first-order valence-corrected chi connectivity index (χ1v) is 8.58. The molecule has 0 amide bonds. The minimum Gasteiger partial charge on any atom is -0.497 e. The highest BCUT2D eigenvalue weighted by molar-refractivity contribution is 6.31. The van der Waals surface area contributed by atoms with Gasteiger partial charge in [-0.05, 0) is 30.3 Å². The van der Waals surface area contributed by atoms with Crippen molar-refractivity contribution in [2.75, 3.05) is 7.11 Å². The van der Waals surface area contributed by atoms with Crippen LogP contribution in [-0.2, 0) is 0 Å². The summed E-state index contributed by atoms with van der Waals surface area (Å²) in [5, 5.41) is 2.29. The standard InChI is InChI=1S/C22H16ClNO2/c1-25-18-9-5-8-17(13-18)24-20-14-22(15-6-3-2-4-7-15)26-21-11-10-16(23)12-19(20)21/h2-14H,1H3. The van der Waals surface area contributed by atoms with Gasteiger partial charge in [0.25, 0.3) is 0 Å². The van der Waals surface area contributed by atoms with Crippen LogP contribution >= 0.6 is 11.6 Å². The molecule has 0 aliphatic heterocycles. The van der Waals surface area contributed by atoms with Gasteiger partial charge in [0.05, 0.1) is 18.2 Å². The van der Waals surface area contributed by atoms with Gasteiger partial charge in [0.15, 0.2) is 0 Å². The highest BCUT2D eigenvalue weighted by Crippen LogP contribution is 2.25. The van der Waals surface area contributed by atoms with Crippen LogP contribution in [0.1, 0.15) is 0 Å². The van der Waals surface area contributed by atoms with Crippen LogP contribution in [0.2, 0.25) is 5.02 Å². The molecule has 0 bridgehead atoms. The van der Waals surface area contributed by atoms with Crippen molar-refractivity contribution in [2.24, 2.45) is 4.99 Å². The van der Waals surface area contributed by atoms with Gasteiger partial charge in [-0.15, -0.1) is 0 Å². The minimum atomic E-state index is 0.641. The zero-order valence-electron chi connectivity index (χ0n) is 14.1. The largest absolute Gasteiger partial charge is 0.497 e. The number of fused-ring (bicyclic) bond motifs is 1. The van der Waals surface area contributed by atoms with Gasteiger partial charge in [0.2, 0.25) is 0 Å². The highest BCUT2D eigenvalue weighted by Gasteiger charge is 2.07. The monoisotopic (exact) mass is 361 g/mol. The molecule has 4 heteroatoms. The Labute approximate surface area is 156 Å². The zero-order chi connectivity index (χ0) is 17.9. The predicted molar refractivity (Wildman–Crippen MR) is 105 cm³/mol. The average Bonchev–Trinajstić information content (AvgIpc) is 2.69. The number of rotatable bonds is 3. The molecule has 0 spiro atoms. The average molecular weight is 362 g/mol. The van der Waals surface area contributed by atoms with E-state index in [-0.39, 0.29) is 0 Å². The van der Waals surface area contributed by atoms with Crippen LogP contribution in [-0.4, -0.2) is 7.11 Å². The van der Waals surface area contributed by atoms with Crippen molar-refractivity contribution < 1.29 is 9.15 Å². The van der Waals surface area contributed by atoms with E-state index in [1.807, 2.05) is 78.9 Å². The summed E-state index contributed by atoms with van der Waals surface area (Å²) in [6, 6.07) is 25.1. The second-order valence-corrected chi connectivity index (χ2v) is 6.25. The maximum Gasteiger partial charge on any atom is 0.136 e. The molecule has 128 valence electrons. The first kappa shape index (κ1) is 16.4.